The van der Waals surface area contributed by atoms with Crippen LogP contribution in [-0.2, 0) is 9.53 Å². The lowest BCUT2D eigenvalue weighted by atomic mass is 10.0. The molecule has 2 saturated heterocycles. The highest BCUT2D eigenvalue weighted by atomic mass is 16.5. The Balaban J connectivity index is 1.52. The molecule has 2 aromatic rings. The number of fused-ring (bicyclic) bond motifs is 2. The zero-order chi connectivity index (χ0) is 19.8. The van der Waals surface area contributed by atoms with Crippen LogP contribution in [0.2, 0.25) is 0 Å². The first kappa shape index (κ1) is 19.0. The second-order valence-corrected chi connectivity index (χ2v) is 8.05. The molecule has 4 rings (SSSR count). The minimum absolute atomic E-state index is 0.121. The number of hydrogen-bond donors (Lipinski definition) is 2. The Morgan fingerprint density at radius 1 is 1.32 bits per heavy atom. The Morgan fingerprint density at radius 3 is 2.86 bits per heavy atom. The molecule has 1 aromatic carbocycles. The van der Waals surface area contributed by atoms with Gasteiger partial charge in [-0.2, -0.15) is 0 Å². The molecular weight excluding hydrogens is 360 g/mol. The van der Waals surface area contributed by atoms with Gasteiger partial charge in [-0.3, -0.25) is 9.59 Å². The van der Waals surface area contributed by atoms with Gasteiger partial charge in [-0.05, 0) is 30.9 Å². The monoisotopic (exact) mass is 386 g/mol. The number of furan rings is 1. The molecule has 0 saturated carbocycles. The summed E-state index contributed by atoms with van der Waals surface area (Å²) in [5, 5.41) is 13.9. The topological polar surface area (TPSA) is 92.0 Å². The van der Waals surface area contributed by atoms with Crippen molar-refractivity contribution in [3.63, 3.8) is 0 Å². The Bertz CT molecular complexity index is 844. The molecular formula is C21H26N2O5. The molecule has 2 N–H and O–H groups in total. The number of amides is 2. The van der Waals surface area contributed by atoms with Crippen molar-refractivity contribution in [1.29, 1.82) is 0 Å². The van der Waals surface area contributed by atoms with Gasteiger partial charge >= 0.3 is 0 Å². The second-order valence-electron chi connectivity index (χ2n) is 8.05. The third-order valence-electron chi connectivity index (χ3n) is 5.51. The summed E-state index contributed by atoms with van der Waals surface area (Å²) in [6.45, 7) is 4.79. The number of rotatable bonds is 5. The van der Waals surface area contributed by atoms with Crippen molar-refractivity contribution in [2.75, 3.05) is 13.2 Å². The summed E-state index contributed by atoms with van der Waals surface area (Å²) in [5.74, 6) is -0.177. The van der Waals surface area contributed by atoms with Crippen LogP contribution in [0.5, 0.6) is 0 Å². The molecule has 150 valence electrons. The molecule has 0 bridgehead atoms. The number of nitrogens with one attached hydrogen (secondary N) is 1. The van der Waals surface area contributed by atoms with Gasteiger partial charge in [-0.15, -0.1) is 0 Å². The van der Waals surface area contributed by atoms with E-state index in [2.05, 4.69) is 5.32 Å². The lowest BCUT2D eigenvalue weighted by Gasteiger charge is -2.30. The van der Waals surface area contributed by atoms with E-state index in [1.54, 1.807) is 17.0 Å². The fraction of sp³-hybridized carbons (Fsp3) is 0.524. The normalized spacial score (nSPS) is 25.3. The third kappa shape index (κ3) is 3.52. The van der Waals surface area contributed by atoms with Gasteiger partial charge < -0.3 is 24.5 Å². The molecule has 0 unspecified atom stereocenters. The summed E-state index contributed by atoms with van der Waals surface area (Å²) in [7, 11) is 0. The van der Waals surface area contributed by atoms with Crippen molar-refractivity contribution < 1.29 is 23.8 Å². The van der Waals surface area contributed by atoms with Crippen molar-refractivity contribution in [1.82, 2.24) is 10.2 Å². The Morgan fingerprint density at radius 2 is 2.11 bits per heavy atom. The highest BCUT2D eigenvalue weighted by Crippen LogP contribution is 2.30. The first-order valence-corrected chi connectivity index (χ1v) is 9.83. The van der Waals surface area contributed by atoms with E-state index in [1.165, 1.54) is 0 Å². The van der Waals surface area contributed by atoms with E-state index in [1.807, 2.05) is 32.0 Å². The average Bonchev–Trinajstić information content (AvgIpc) is 3.36. The minimum atomic E-state index is -0.678. The predicted molar refractivity (Wildman–Crippen MR) is 103 cm³/mol. The zero-order valence-corrected chi connectivity index (χ0v) is 16.1. The highest BCUT2D eigenvalue weighted by molar-refractivity contribution is 5.98. The van der Waals surface area contributed by atoms with Crippen molar-refractivity contribution in [2.24, 2.45) is 5.92 Å². The number of para-hydroxylation sites is 1. The second kappa shape index (κ2) is 7.56. The first-order chi connectivity index (χ1) is 13.4. The van der Waals surface area contributed by atoms with E-state index in [-0.39, 0.29) is 36.3 Å². The van der Waals surface area contributed by atoms with Gasteiger partial charge in [-0.25, -0.2) is 0 Å². The zero-order valence-electron chi connectivity index (χ0n) is 16.1. The van der Waals surface area contributed by atoms with Crippen LogP contribution in [-0.4, -0.2) is 59.3 Å². The van der Waals surface area contributed by atoms with Crippen molar-refractivity contribution in [3.8, 4) is 0 Å². The molecule has 3 heterocycles. The number of likely N-dealkylation sites (tertiary alicyclic amines) is 1. The van der Waals surface area contributed by atoms with Crippen LogP contribution in [0.1, 0.15) is 37.2 Å². The van der Waals surface area contributed by atoms with Crippen LogP contribution >= 0.6 is 0 Å². The summed E-state index contributed by atoms with van der Waals surface area (Å²) in [6.07, 6.45) is 0.418. The summed E-state index contributed by atoms with van der Waals surface area (Å²) < 4.78 is 11.2. The van der Waals surface area contributed by atoms with E-state index in [9.17, 15) is 14.7 Å². The van der Waals surface area contributed by atoms with E-state index in [4.69, 9.17) is 9.15 Å². The van der Waals surface area contributed by atoms with E-state index in [0.29, 0.717) is 25.0 Å². The van der Waals surface area contributed by atoms with Gasteiger partial charge in [0.1, 0.15) is 17.7 Å². The largest absolute Gasteiger partial charge is 0.451 e. The summed E-state index contributed by atoms with van der Waals surface area (Å²) in [5.41, 5.74) is 0.632. The summed E-state index contributed by atoms with van der Waals surface area (Å²) in [4.78, 5) is 27.7. The number of aliphatic hydroxyl groups excluding tert-OH is 1. The Kier molecular flexibility index (Phi) is 5.12. The SMILES string of the molecule is CC(C)C[C@H](NC(=O)c1cc2ccccc2o1)C(=O)N1CC[C@H]2OC[C@H](O)[C@H]21. The highest BCUT2D eigenvalue weighted by Gasteiger charge is 2.48. The lowest BCUT2D eigenvalue weighted by molar-refractivity contribution is -0.136. The maximum absolute atomic E-state index is 13.2. The third-order valence-corrected chi connectivity index (χ3v) is 5.51. The number of benzene rings is 1. The fourth-order valence-corrected chi connectivity index (χ4v) is 4.22. The summed E-state index contributed by atoms with van der Waals surface area (Å²) >= 11 is 0. The van der Waals surface area contributed by atoms with E-state index < -0.39 is 18.1 Å². The van der Waals surface area contributed by atoms with Crippen LogP contribution in [0.4, 0.5) is 0 Å². The van der Waals surface area contributed by atoms with Crippen molar-refractivity contribution >= 4 is 22.8 Å². The van der Waals surface area contributed by atoms with Crippen LogP contribution in [0.15, 0.2) is 34.7 Å². The minimum Gasteiger partial charge on any atom is -0.451 e. The van der Waals surface area contributed by atoms with Crippen LogP contribution < -0.4 is 5.32 Å². The van der Waals surface area contributed by atoms with Gasteiger partial charge in [-0.1, -0.05) is 32.0 Å². The van der Waals surface area contributed by atoms with Crippen LogP contribution in [0, 0.1) is 5.92 Å². The molecule has 2 aliphatic rings. The number of hydrogen-bond acceptors (Lipinski definition) is 5. The first-order valence-electron chi connectivity index (χ1n) is 9.83. The Labute approximate surface area is 163 Å². The number of nitrogens with zero attached hydrogens (tertiary/aromatic N) is 1. The van der Waals surface area contributed by atoms with Crippen molar-refractivity contribution in [3.05, 3.63) is 36.1 Å². The maximum Gasteiger partial charge on any atom is 0.287 e. The van der Waals surface area contributed by atoms with Crippen LogP contribution in [0.3, 0.4) is 0 Å². The quantitative estimate of drug-likeness (QED) is 0.819. The van der Waals surface area contributed by atoms with Gasteiger partial charge in [0, 0.05) is 11.9 Å². The predicted octanol–water partition coefficient (Wildman–Crippen LogP) is 1.94. The van der Waals surface area contributed by atoms with Gasteiger partial charge in [0.2, 0.25) is 5.91 Å². The molecule has 2 amide bonds. The van der Waals surface area contributed by atoms with Crippen molar-refractivity contribution in [2.45, 2.75) is 51.0 Å². The molecule has 7 heteroatoms. The van der Waals surface area contributed by atoms with E-state index in [0.717, 1.165) is 5.39 Å². The van der Waals surface area contributed by atoms with Gasteiger partial charge in [0.15, 0.2) is 5.76 Å². The molecule has 1 aromatic heterocycles. The molecule has 0 radical (unpaired) electrons. The summed E-state index contributed by atoms with van der Waals surface area (Å²) in [6, 6.07) is 8.08. The number of ether oxygens (including phenoxy) is 1. The number of carbonyl (C=O) groups is 2. The Hall–Kier alpha value is -2.38. The molecule has 2 aliphatic heterocycles. The fourth-order valence-electron chi connectivity index (χ4n) is 4.22. The molecule has 2 fully saturated rings. The van der Waals surface area contributed by atoms with Gasteiger partial charge in [0.05, 0.1) is 18.8 Å². The molecule has 4 atom stereocenters. The number of carbonyl (C=O) groups excluding carboxylic acids is 2. The van der Waals surface area contributed by atoms with E-state index >= 15 is 0 Å². The molecule has 0 spiro atoms. The molecule has 0 aliphatic carbocycles. The average molecular weight is 386 g/mol. The van der Waals surface area contributed by atoms with Gasteiger partial charge in [0.25, 0.3) is 5.91 Å². The standard InChI is InChI=1S/C21H26N2O5/c1-12(2)9-14(21(26)23-8-7-17-19(23)15(24)11-27-17)22-20(25)18-10-13-5-3-4-6-16(13)28-18/h3-6,10,12,14-15,17,19,24H,7-9,11H2,1-2H3,(H,22,25)/t14-,15-,17+,19+/m0/s1. The number of aliphatic hydroxyl groups is 1. The smallest absolute Gasteiger partial charge is 0.287 e. The maximum atomic E-state index is 13.2. The molecule has 7 nitrogen and oxygen atoms in total. The molecule has 28 heavy (non-hydrogen) atoms. The lowest BCUT2D eigenvalue weighted by Crippen LogP contribution is -2.53. The van der Waals surface area contributed by atoms with Crippen LogP contribution in [0.25, 0.3) is 11.0 Å².